The fourth-order valence-electron chi connectivity index (χ4n) is 1.60. The molecule has 0 spiro atoms. The molecule has 96 valence electrons. The number of rotatable bonds is 8. The number of aromatic nitrogens is 1. The first kappa shape index (κ1) is 13.7. The first-order valence-electron chi connectivity index (χ1n) is 6.39. The molecule has 0 atom stereocenters. The van der Waals surface area contributed by atoms with E-state index >= 15 is 0 Å². The molecule has 0 aromatic carbocycles. The molecule has 4 heteroatoms. The zero-order valence-electron chi connectivity index (χ0n) is 10.7. The predicted molar refractivity (Wildman–Crippen MR) is 64.9 cm³/mol. The van der Waals surface area contributed by atoms with E-state index in [0.29, 0.717) is 12.5 Å². The van der Waals surface area contributed by atoms with Gasteiger partial charge in [0, 0.05) is 6.42 Å². The number of carbonyl (C=O) groups is 1. The third-order valence-corrected chi connectivity index (χ3v) is 2.53. The van der Waals surface area contributed by atoms with Crippen molar-refractivity contribution in [2.75, 3.05) is 6.61 Å². The summed E-state index contributed by atoms with van der Waals surface area (Å²) in [5.41, 5.74) is 0.274. The van der Waals surface area contributed by atoms with E-state index in [-0.39, 0.29) is 5.69 Å². The summed E-state index contributed by atoms with van der Waals surface area (Å²) < 4.78 is 10.1. The van der Waals surface area contributed by atoms with Gasteiger partial charge in [0.15, 0.2) is 11.6 Å². The van der Waals surface area contributed by atoms with E-state index in [1.54, 1.807) is 6.92 Å². The van der Waals surface area contributed by atoms with Crippen LogP contribution >= 0.6 is 0 Å². The van der Waals surface area contributed by atoms with Crippen LogP contribution in [0.5, 0.6) is 0 Å². The van der Waals surface area contributed by atoms with Crippen LogP contribution in [0.1, 0.15) is 62.3 Å². The molecule has 0 radical (unpaired) electrons. The topological polar surface area (TPSA) is 52.3 Å². The molecule has 17 heavy (non-hydrogen) atoms. The number of hydrogen-bond donors (Lipinski definition) is 0. The minimum atomic E-state index is -0.409. The van der Waals surface area contributed by atoms with Gasteiger partial charge in [-0.05, 0) is 13.3 Å². The highest BCUT2D eigenvalue weighted by atomic mass is 16.5. The molecule has 0 aliphatic rings. The summed E-state index contributed by atoms with van der Waals surface area (Å²) in [5, 5.41) is 0. The smallest absolute Gasteiger partial charge is 0.360 e. The van der Waals surface area contributed by atoms with E-state index in [0.717, 1.165) is 12.8 Å². The van der Waals surface area contributed by atoms with Crippen LogP contribution in [0.4, 0.5) is 0 Å². The van der Waals surface area contributed by atoms with E-state index in [1.165, 1.54) is 31.9 Å². The van der Waals surface area contributed by atoms with Crippen molar-refractivity contribution in [1.29, 1.82) is 0 Å². The van der Waals surface area contributed by atoms with Crippen LogP contribution < -0.4 is 0 Å². The Balaban J connectivity index is 2.28. The fourth-order valence-corrected chi connectivity index (χ4v) is 1.60. The summed E-state index contributed by atoms with van der Waals surface area (Å²) in [6.07, 6.45) is 8.18. The van der Waals surface area contributed by atoms with Gasteiger partial charge in [0.2, 0.25) is 0 Å². The summed E-state index contributed by atoms with van der Waals surface area (Å²) in [6.45, 7) is 4.32. The lowest BCUT2D eigenvalue weighted by atomic mass is 10.1. The molecule has 0 aliphatic carbocycles. The Kier molecular flexibility index (Phi) is 6.37. The Morgan fingerprint density at radius 2 is 2.06 bits per heavy atom. The maximum Gasteiger partial charge on any atom is 0.360 e. The molecule has 0 amide bonds. The van der Waals surface area contributed by atoms with Crippen molar-refractivity contribution in [2.45, 2.75) is 52.4 Å². The molecule has 0 bridgehead atoms. The number of nitrogens with zero attached hydrogens (tertiary/aromatic N) is 1. The van der Waals surface area contributed by atoms with Gasteiger partial charge in [-0.25, -0.2) is 9.78 Å². The molecule has 1 heterocycles. The van der Waals surface area contributed by atoms with Crippen molar-refractivity contribution in [3.8, 4) is 0 Å². The summed E-state index contributed by atoms with van der Waals surface area (Å²) in [4.78, 5) is 15.4. The zero-order chi connectivity index (χ0) is 12.5. The maximum absolute atomic E-state index is 11.3. The second-order valence-electron chi connectivity index (χ2n) is 4.01. The highest BCUT2D eigenvalue weighted by Gasteiger charge is 2.12. The van der Waals surface area contributed by atoms with Crippen molar-refractivity contribution in [3.63, 3.8) is 0 Å². The molecule has 0 N–H and O–H groups in total. The second-order valence-corrected chi connectivity index (χ2v) is 4.01. The number of oxazole rings is 1. The third-order valence-electron chi connectivity index (χ3n) is 2.53. The van der Waals surface area contributed by atoms with Gasteiger partial charge in [-0.1, -0.05) is 32.6 Å². The minimum Gasteiger partial charge on any atom is -0.461 e. The van der Waals surface area contributed by atoms with Crippen LogP contribution in [0, 0.1) is 0 Å². The third kappa shape index (κ3) is 5.02. The molecule has 0 unspecified atom stereocenters. The van der Waals surface area contributed by atoms with Gasteiger partial charge in [-0.2, -0.15) is 0 Å². The average molecular weight is 239 g/mol. The van der Waals surface area contributed by atoms with Crippen molar-refractivity contribution in [1.82, 2.24) is 4.98 Å². The molecule has 0 saturated heterocycles. The van der Waals surface area contributed by atoms with Crippen LogP contribution in [-0.4, -0.2) is 17.6 Å². The molecule has 1 aromatic rings. The average Bonchev–Trinajstić information content (AvgIpc) is 2.78. The fraction of sp³-hybridized carbons (Fsp3) is 0.692. The van der Waals surface area contributed by atoms with Crippen LogP contribution in [0.2, 0.25) is 0 Å². The molecular formula is C13H21NO3. The van der Waals surface area contributed by atoms with Crippen molar-refractivity contribution >= 4 is 5.97 Å². The molecular weight excluding hydrogens is 218 g/mol. The molecule has 0 aliphatic heterocycles. The van der Waals surface area contributed by atoms with E-state index < -0.39 is 5.97 Å². The van der Waals surface area contributed by atoms with Gasteiger partial charge in [0.1, 0.15) is 6.26 Å². The van der Waals surface area contributed by atoms with E-state index in [1.807, 2.05) is 0 Å². The van der Waals surface area contributed by atoms with E-state index in [9.17, 15) is 4.79 Å². The number of ether oxygens (including phenoxy) is 1. The Morgan fingerprint density at radius 1 is 1.29 bits per heavy atom. The van der Waals surface area contributed by atoms with Gasteiger partial charge in [0.25, 0.3) is 0 Å². The number of hydrogen-bond acceptors (Lipinski definition) is 4. The Hall–Kier alpha value is -1.32. The zero-order valence-corrected chi connectivity index (χ0v) is 10.7. The lowest BCUT2D eigenvalue weighted by molar-refractivity contribution is 0.0519. The summed E-state index contributed by atoms with van der Waals surface area (Å²) >= 11 is 0. The van der Waals surface area contributed by atoms with Crippen molar-refractivity contribution in [2.24, 2.45) is 0 Å². The summed E-state index contributed by atoms with van der Waals surface area (Å²) in [6, 6.07) is 0. The SMILES string of the molecule is CCCCCCCc1nc(C(=O)OCC)co1. The van der Waals surface area contributed by atoms with Gasteiger partial charge < -0.3 is 9.15 Å². The number of esters is 1. The molecule has 0 saturated carbocycles. The normalized spacial score (nSPS) is 10.5. The first-order valence-corrected chi connectivity index (χ1v) is 6.39. The number of carbonyl (C=O) groups excluding carboxylic acids is 1. The Labute approximate surface area is 102 Å². The van der Waals surface area contributed by atoms with Gasteiger partial charge >= 0.3 is 5.97 Å². The van der Waals surface area contributed by atoms with E-state index in [2.05, 4.69) is 11.9 Å². The lowest BCUT2D eigenvalue weighted by Crippen LogP contribution is -2.05. The second kappa shape index (κ2) is 7.87. The Bertz CT molecular complexity index is 333. The van der Waals surface area contributed by atoms with E-state index in [4.69, 9.17) is 9.15 Å². The lowest BCUT2D eigenvalue weighted by Gasteiger charge is -1.97. The van der Waals surface area contributed by atoms with Gasteiger partial charge in [0.05, 0.1) is 6.61 Å². The monoisotopic (exact) mass is 239 g/mol. The van der Waals surface area contributed by atoms with Gasteiger partial charge in [-0.3, -0.25) is 0 Å². The van der Waals surface area contributed by atoms with Crippen LogP contribution in [0.3, 0.4) is 0 Å². The van der Waals surface area contributed by atoms with Crippen molar-refractivity contribution in [3.05, 3.63) is 17.8 Å². The highest BCUT2D eigenvalue weighted by molar-refractivity contribution is 5.86. The maximum atomic E-state index is 11.3. The molecule has 4 nitrogen and oxygen atoms in total. The Morgan fingerprint density at radius 3 is 2.76 bits per heavy atom. The quantitative estimate of drug-likeness (QED) is 0.515. The summed E-state index contributed by atoms with van der Waals surface area (Å²) in [5.74, 6) is 0.220. The minimum absolute atomic E-state index is 0.274. The summed E-state index contributed by atoms with van der Waals surface area (Å²) in [7, 11) is 0. The number of aryl methyl sites for hydroxylation is 1. The molecule has 1 aromatic heterocycles. The van der Waals surface area contributed by atoms with Crippen molar-refractivity contribution < 1.29 is 13.9 Å². The predicted octanol–water partition coefficient (Wildman–Crippen LogP) is 3.36. The largest absolute Gasteiger partial charge is 0.461 e. The first-order chi connectivity index (χ1) is 8.27. The molecule has 1 rings (SSSR count). The highest BCUT2D eigenvalue weighted by Crippen LogP contribution is 2.09. The number of unbranched alkanes of at least 4 members (excludes halogenated alkanes) is 4. The molecule has 0 fully saturated rings. The van der Waals surface area contributed by atoms with Crippen LogP contribution in [0.25, 0.3) is 0 Å². The van der Waals surface area contributed by atoms with Gasteiger partial charge in [-0.15, -0.1) is 0 Å². The van der Waals surface area contributed by atoms with Crippen LogP contribution in [-0.2, 0) is 11.2 Å². The standard InChI is InChI=1S/C13H21NO3/c1-3-5-6-7-8-9-12-14-11(10-17-12)13(15)16-4-2/h10H,3-9H2,1-2H3. The van der Waals surface area contributed by atoms with Crippen LogP contribution in [0.15, 0.2) is 10.7 Å².